The van der Waals surface area contributed by atoms with Crippen LogP contribution in [-0.2, 0) is 0 Å². The molecule has 2 N–H and O–H groups in total. The summed E-state index contributed by atoms with van der Waals surface area (Å²) in [5, 5.41) is 17.6. The average molecular weight is 151 g/mol. The molecule has 2 heteroatoms. The van der Waals surface area contributed by atoms with E-state index in [4.69, 9.17) is 10.2 Å². The maximum absolute atomic E-state index is 8.81. The molecule has 0 amide bonds. The van der Waals surface area contributed by atoms with E-state index in [0.29, 0.717) is 0 Å². The summed E-state index contributed by atoms with van der Waals surface area (Å²) in [5.74, 6) is -0.160. The highest BCUT2D eigenvalue weighted by Gasteiger charge is 2.06. The monoisotopic (exact) mass is 151 g/mol. The Hall–Kier alpha value is -0.860. The van der Waals surface area contributed by atoms with Gasteiger partial charge in [-0.3, -0.25) is 0 Å². The van der Waals surface area contributed by atoms with Crippen LogP contribution < -0.4 is 0 Å². The molecule has 0 atom stereocenters. The van der Waals surface area contributed by atoms with Gasteiger partial charge in [0.15, 0.2) is 0 Å². The van der Waals surface area contributed by atoms with Gasteiger partial charge in [-0.1, -0.05) is 24.3 Å². The normalized spacial score (nSPS) is 10.5. The molecular weight excluding hydrogens is 140 g/mol. The van der Waals surface area contributed by atoms with Gasteiger partial charge in [0.1, 0.15) is 0 Å². The van der Waals surface area contributed by atoms with Crippen LogP contribution in [-0.4, -0.2) is 23.4 Å². The lowest BCUT2D eigenvalue weighted by atomic mass is 10.0. The Morgan fingerprint density at radius 2 is 2.09 bits per heavy atom. The Balaban J connectivity index is 2.74. The SMILES string of the molecule is OCC(CO)c1c[c]ccc1. The molecule has 0 fully saturated rings. The molecule has 0 aliphatic rings. The maximum atomic E-state index is 8.81. The first-order chi connectivity index (χ1) is 5.38. The average Bonchev–Trinajstić information content (AvgIpc) is 2.09. The zero-order valence-corrected chi connectivity index (χ0v) is 6.20. The summed E-state index contributed by atoms with van der Waals surface area (Å²) >= 11 is 0. The van der Waals surface area contributed by atoms with Crippen molar-refractivity contribution in [3.8, 4) is 0 Å². The van der Waals surface area contributed by atoms with Crippen molar-refractivity contribution in [1.29, 1.82) is 0 Å². The van der Waals surface area contributed by atoms with Gasteiger partial charge in [-0.05, 0) is 11.6 Å². The molecule has 2 nitrogen and oxygen atoms in total. The van der Waals surface area contributed by atoms with Crippen LogP contribution in [0.2, 0.25) is 0 Å². The first-order valence-electron chi connectivity index (χ1n) is 3.56. The van der Waals surface area contributed by atoms with Crippen LogP contribution >= 0.6 is 0 Å². The Morgan fingerprint density at radius 3 is 2.55 bits per heavy atom. The molecule has 1 radical (unpaired) electrons. The minimum atomic E-state index is -0.160. The standard InChI is InChI=1S/C9H11O2/c10-6-9(7-11)8-4-2-1-3-5-8/h1-2,4-5,9-11H,6-7H2. The zero-order chi connectivity index (χ0) is 8.10. The Bertz CT molecular complexity index is 192. The smallest absolute Gasteiger partial charge is 0.0521 e. The van der Waals surface area contributed by atoms with Gasteiger partial charge in [-0.2, -0.15) is 0 Å². The minimum absolute atomic E-state index is 0.0195. The zero-order valence-electron chi connectivity index (χ0n) is 6.20. The molecule has 0 aliphatic heterocycles. The summed E-state index contributed by atoms with van der Waals surface area (Å²) in [6, 6.07) is 10.2. The number of aliphatic hydroxyl groups excluding tert-OH is 2. The van der Waals surface area contributed by atoms with Crippen molar-refractivity contribution in [2.24, 2.45) is 0 Å². The minimum Gasteiger partial charge on any atom is -0.396 e. The summed E-state index contributed by atoms with van der Waals surface area (Å²) < 4.78 is 0. The van der Waals surface area contributed by atoms with E-state index in [1.54, 1.807) is 12.1 Å². The number of benzene rings is 1. The Kier molecular flexibility index (Phi) is 3.08. The second-order valence-corrected chi connectivity index (χ2v) is 2.40. The largest absolute Gasteiger partial charge is 0.396 e. The summed E-state index contributed by atoms with van der Waals surface area (Å²) in [4.78, 5) is 0. The van der Waals surface area contributed by atoms with E-state index in [1.165, 1.54) is 0 Å². The topological polar surface area (TPSA) is 40.5 Å². The third kappa shape index (κ3) is 2.03. The van der Waals surface area contributed by atoms with Gasteiger partial charge in [0.05, 0.1) is 13.2 Å². The van der Waals surface area contributed by atoms with Crippen LogP contribution in [0.1, 0.15) is 11.5 Å². The van der Waals surface area contributed by atoms with E-state index < -0.39 is 0 Å². The van der Waals surface area contributed by atoms with E-state index in [1.807, 2.05) is 12.1 Å². The quantitative estimate of drug-likeness (QED) is 0.662. The molecule has 1 aromatic rings. The third-order valence-electron chi connectivity index (χ3n) is 1.64. The Labute approximate surface area is 66.1 Å². The molecule has 0 aromatic heterocycles. The highest BCUT2D eigenvalue weighted by Crippen LogP contribution is 2.12. The van der Waals surface area contributed by atoms with E-state index in [-0.39, 0.29) is 19.1 Å². The van der Waals surface area contributed by atoms with Crippen LogP contribution in [0.3, 0.4) is 0 Å². The van der Waals surface area contributed by atoms with Crippen molar-refractivity contribution in [2.45, 2.75) is 5.92 Å². The fourth-order valence-electron chi connectivity index (χ4n) is 0.930. The van der Waals surface area contributed by atoms with Gasteiger partial charge in [0.2, 0.25) is 0 Å². The van der Waals surface area contributed by atoms with Gasteiger partial charge in [-0.25, -0.2) is 0 Å². The highest BCUT2D eigenvalue weighted by molar-refractivity contribution is 5.18. The van der Waals surface area contributed by atoms with Gasteiger partial charge < -0.3 is 10.2 Å². The number of aliphatic hydroxyl groups is 2. The molecule has 59 valence electrons. The van der Waals surface area contributed by atoms with Crippen LogP contribution in [0.5, 0.6) is 0 Å². The number of hydrogen-bond acceptors (Lipinski definition) is 2. The first kappa shape index (κ1) is 8.24. The molecule has 11 heavy (non-hydrogen) atoms. The summed E-state index contributed by atoms with van der Waals surface area (Å²) in [5.41, 5.74) is 0.928. The van der Waals surface area contributed by atoms with Crippen molar-refractivity contribution in [2.75, 3.05) is 13.2 Å². The molecule has 0 bridgehead atoms. The number of rotatable bonds is 3. The van der Waals surface area contributed by atoms with E-state index in [2.05, 4.69) is 6.07 Å². The number of hydrogen-bond donors (Lipinski definition) is 2. The molecule has 0 saturated carbocycles. The molecular formula is C9H11O2. The molecule has 0 saturated heterocycles. The lowest BCUT2D eigenvalue weighted by molar-refractivity contribution is 0.192. The van der Waals surface area contributed by atoms with E-state index in [9.17, 15) is 0 Å². The second kappa shape index (κ2) is 4.11. The molecule has 1 aromatic carbocycles. The van der Waals surface area contributed by atoms with Crippen LogP contribution in [0.4, 0.5) is 0 Å². The van der Waals surface area contributed by atoms with Crippen molar-refractivity contribution < 1.29 is 10.2 Å². The van der Waals surface area contributed by atoms with Gasteiger partial charge in [0.25, 0.3) is 0 Å². The third-order valence-corrected chi connectivity index (χ3v) is 1.64. The van der Waals surface area contributed by atoms with Crippen molar-refractivity contribution in [1.82, 2.24) is 0 Å². The summed E-state index contributed by atoms with van der Waals surface area (Å²) in [6.45, 7) is -0.0390. The highest BCUT2D eigenvalue weighted by atomic mass is 16.3. The molecule has 1 rings (SSSR count). The first-order valence-corrected chi connectivity index (χ1v) is 3.56. The summed E-state index contributed by atoms with van der Waals surface area (Å²) in [7, 11) is 0. The van der Waals surface area contributed by atoms with Crippen LogP contribution in [0.15, 0.2) is 24.3 Å². The van der Waals surface area contributed by atoms with Crippen molar-refractivity contribution in [3.05, 3.63) is 35.9 Å². The maximum Gasteiger partial charge on any atom is 0.0521 e. The predicted molar refractivity (Wildman–Crippen MR) is 42.2 cm³/mol. The molecule has 0 aliphatic carbocycles. The van der Waals surface area contributed by atoms with E-state index >= 15 is 0 Å². The molecule has 0 spiro atoms. The lowest BCUT2D eigenvalue weighted by Crippen LogP contribution is -2.08. The summed E-state index contributed by atoms with van der Waals surface area (Å²) in [6.07, 6.45) is 0. The van der Waals surface area contributed by atoms with Crippen molar-refractivity contribution >= 4 is 0 Å². The Morgan fingerprint density at radius 1 is 1.36 bits per heavy atom. The van der Waals surface area contributed by atoms with Crippen molar-refractivity contribution in [3.63, 3.8) is 0 Å². The van der Waals surface area contributed by atoms with Gasteiger partial charge in [0, 0.05) is 5.92 Å². The van der Waals surface area contributed by atoms with Crippen LogP contribution in [0, 0.1) is 6.07 Å². The van der Waals surface area contributed by atoms with Crippen LogP contribution in [0.25, 0.3) is 0 Å². The second-order valence-electron chi connectivity index (χ2n) is 2.40. The van der Waals surface area contributed by atoms with Gasteiger partial charge >= 0.3 is 0 Å². The van der Waals surface area contributed by atoms with Gasteiger partial charge in [-0.15, -0.1) is 0 Å². The fraction of sp³-hybridized carbons (Fsp3) is 0.333. The molecule has 0 unspecified atom stereocenters. The predicted octanol–water partition coefficient (Wildman–Crippen LogP) is 0.555. The molecule has 0 heterocycles. The van der Waals surface area contributed by atoms with E-state index in [0.717, 1.165) is 5.56 Å². The fourth-order valence-corrected chi connectivity index (χ4v) is 0.930. The lowest BCUT2D eigenvalue weighted by Gasteiger charge is -2.09.